The van der Waals surface area contributed by atoms with Crippen LogP contribution >= 0.6 is 0 Å². The van der Waals surface area contributed by atoms with Crippen molar-refractivity contribution in [2.45, 2.75) is 26.7 Å². The van der Waals surface area contributed by atoms with Crippen molar-refractivity contribution >= 4 is 16.9 Å². The van der Waals surface area contributed by atoms with Crippen molar-refractivity contribution in [1.29, 1.82) is 0 Å². The van der Waals surface area contributed by atoms with Crippen LogP contribution in [0.5, 0.6) is 0 Å². The van der Waals surface area contributed by atoms with Crippen molar-refractivity contribution < 1.29 is 13.9 Å². The number of benzene rings is 1. The first-order chi connectivity index (χ1) is 8.20. The summed E-state index contributed by atoms with van der Waals surface area (Å²) < 4.78 is 10.6. The zero-order chi connectivity index (χ0) is 12.3. The Balaban J connectivity index is 2.10. The van der Waals surface area contributed by atoms with Crippen LogP contribution in [0.2, 0.25) is 0 Å². The van der Waals surface area contributed by atoms with Crippen molar-refractivity contribution in [1.82, 2.24) is 0 Å². The Morgan fingerprint density at radius 2 is 2.24 bits per heavy atom. The predicted molar refractivity (Wildman–Crippen MR) is 65.9 cm³/mol. The van der Waals surface area contributed by atoms with Crippen LogP contribution in [-0.2, 0) is 16.0 Å². The molecule has 90 valence electrons. The van der Waals surface area contributed by atoms with E-state index in [0.29, 0.717) is 19.4 Å². The van der Waals surface area contributed by atoms with Crippen LogP contribution in [0.1, 0.15) is 24.7 Å². The molecule has 0 radical (unpaired) electrons. The molecule has 0 bridgehead atoms. The molecule has 1 aromatic heterocycles. The van der Waals surface area contributed by atoms with E-state index in [4.69, 9.17) is 9.15 Å². The van der Waals surface area contributed by atoms with Crippen molar-refractivity contribution in [2.75, 3.05) is 6.61 Å². The molecule has 1 aromatic carbocycles. The van der Waals surface area contributed by atoms with E-state index in [9.17, 15) is 4.79 Å². The minimum Gasteiger partial charge on any atom is -0.466 e. The quantitative estimate of drug-likeness (QED) is 0.760. The zero-order valence-corrected chi connectivity index (χ0v) is 10.2. The van der Waals surface area contributed by atoms with Gasteiger partial charge in [0.25, 0.3) is 0 Å². The number of fused-ring (bicyclic) bond motifs is 1. The molecule has 2 rings (SSSR count). The molecule has 0 atom stereocenters. The molecule has 0 aliphatic rings. The van der Waals surface area contributed by atoms with Gasteiger partial charge in [0.1, 0.15) is 11.3 Å². The maximum absolute atomic E-state index is 11.2. The fourth-order valence-electron chi connectivity index (χ4n) is 1.84. The third-order valence-electron chi connectivity index (χ3n) is 2.67. The number of furan rings is 1. The van der Waals surface area contributed by atoms with Crippen molar-refractivity contribution in [2.24, 2.45) is 0 Å². The number of ether oxygens (including phenoxy) is 1. The van der Waals surface area contributed by atoms with Gasteiger partial charge in [0.15, 0.2) is 0 Å². The second kappa shape index (κ2) is 5.04. The van der Waals surface area contributed by atoms with Gasteiger partial charge in [-0.2, -0.15) is 0 Å². The first kappa shape index (κ1) is 11.7. The van der Waals surface area contributed by atoms with Crippen LogP contribution in [0, 0.1) is 6.92 Å². The minimum atomic E-state index is -0.176. The monoisotopic (exact) mass is 232 g/mol. The molecule has 0 amide bonds. The van der Waals surface area contributed by atoms with E-state index in [1.54, 1.807) is 0 Å². The van der Waals surface area contributed by atoms with Gasteiger partial charge in [-0.05, 0) is 25.5 Å². The van der Waals surface area contributed by atoms with Gasteiger partial charge in [-0.15, -0.1) is 0 Å². The predicted octanol–water partition coefficient (Wildman–Crippen LogP) is 3.24. The summed E-state index contributed by atoms with van der Waals surface area (Å²) >= 11 is 0. The number of carbonyl (C=O) groups is 1. The largest absolute Gasteiger partial charge is 0.466 e. The summed E-state index contributed by atoms with van der Waals surface area (Å²) in [6.07, 6.45) is 0.958. The highest BCUT2D eigenvalue weighted by atomic mass is 16.5. The van der Waals surface area contributed by atoms with Crippen LogP contribution < -0.4 is 0 Å². The molecule has 2 aromatic rings. The molecule has 0 saturated carbocycles. The van der Waals surface area contributed by atoms with Gasteiger partial charge < -0.3 is 9.15 Å². The zero-order valence-electron chi connectivity index (χ0n) is 10.2. The molecule has 1 heterocycles. The van der Waals surface area contributed by atoms with Gasteiger partial charge in [0.05, 0.1) is 13.0 Å². The summed E-state index contributed by atoms with van der Waals surface area (Å²) in [7, 11) is 0. The topological polar surface area (TPSA) is 39.4 Å². The highest BCUT2D eigenvalue weighted by Crippen LogP contribution is 2.23. The summed E-state index contributed by atoms with van der Waals surface area (Å²) in [6.45, 7) is 4.25. The Morgan fingerprint density at radius 1 is 1.41 bits per heavy atom. The maximum Gasteiger partial charge on any atom is 0.306 e. The molecule has 3 heteroatoms. The van der Waals surface area contributed by atoms with Crippen LogP contribution in [0.4, 0.5) is 0 Å². The first-order valence-electron chi connectivity index (χ1n) is 5.84. The number of aryl methyl sites for hydroxylation is 2. The molecule has 0 spiro atoms. The van der Waals surface area contributed by atoms with Gasteiger partial charge in [-0.25, -0.2) is 0 Å². The summed E-state index contributed by atoms with van der Waals surface area (Å²) in [5, 5.41) is 1.09. The molecule has 0 aliphatic carbocycles. The van der Waals surface area contributed by atoms with E-state index in [1.807, 2.05) is 38.1 Å². The molecule has 0 aliphatic heterocycles. The average molecular weight is 232 g/mol. The Labute approximate surface area is 100 Å². The van der Waals surface area contributed by atoms with Gasteiger partial charge in [0, 0.05) is 11.8 Å². The Bertz CT molecular complexity index is 525. The summed E-state index contributed by atoms with van der Waals surface area (Å²) in [5.41, 5.74) is 2.02. The number of hydrogen-bond acceptors (Lipinski definition) is 3. The minimum absolute atomic E-state index is 0.176. The first-order valence-corrected chi connectivity index (χ1v) is 5.84. The lowest BCUT2D eigenvalue weighted by Gasteiger charge is -1.99. The molecule has 17 heavy (non-hydrogen) atoms. The number of hydrogen-bond donors (Lipinski definition) is 0. The smallest absolute Gasteiger partial charge is 0.306 e. The standard InChI is InChI=1S/C14H16O3/c1-3-16-13(15)8-7-12-9-11-6-4-5-10(2)14(11)17-12/h4-6,9H,3,7-8H2,1-2H3. The van der Waals surface area contributed by atoms with E-state index < -0.39 is 0 Å². The highest BCUT2D eigenvalue weighted by molar-refractivity contribution is 5.81. The van der Waals surface area contributed by atoms with Crippen LogP contribution in [0.15, 0.2) is 28.7 Å². The normalized spacial score (nSPS) is 10.7. The molecule has 0 unspecified atom stereocenters. The second-order valence-corrected chi connectivity index (χ2v) is 4.01. The van der Waals surface area contributed by atoms with Crippen LogP contribution in [0.25, 0.3) is 11.0 Å². The average Bonchev–Trinajstić information content (AvgIpc) is 2.71. The van der Waals surface area contributed by atoms with Crippen molar-refractivity contribution in [3.8, 4) is 0 Å². The highest BCUT2D eigenvalue weighted by Gasteiger charge is 2.08. The molecule has 3 nitrogen and oxygen atoms in total. The van der Waals surface area contributed by atoms with E-state index in [-0.39, 0.29) is 5.97 Å². The van der Waals surface area contributed by atoms with Crippen LogP contribution in [-0.4, -0.2) is 12.6 Å². The fraction of sp³-hybridized carbons (Fsp3) is 0.357. The van der Waals surface area contributed by atoms with Gasteiger partial charge in [0.2, 0.25) is 0 Å². The van der Waals surface area contributed by atoms with E-state index in [0.717, 1.165) is 22.3 Å². The van der Waals surface area contributed by atoms with Crippen molar-refractivity contribution in [3.63, 3.8) is 0 Å². The SMILES string of the molecule is CCOC(=O)CCc1cc2cccc(C)c2o1. The Kier molecular flexibility index (Phi) is 3.47. The van der Waals surface area contributed by atoms with Crippen LogP contribution in [0.3, 0.4) is 0 Å². The second-order valence-electron chi connectivity index (χ2n) is 4.01. The Morgan fingerprint density at radius 3 is 2.94 bits per heavy atom. The van der Waals surface area contributed by atoms with Gasteiger partial charge >= 0.3 is 5.97 Å². The molecule has 0 saturated heterocycles. The lowest BCUT2D eigenvalue weighted by atomic mass is 10.1. The summed E-state index contributed by atoms with van der Waals surface area (Å²) in [5.74, 6) is 0.659. The summed E-state index contributed by atoms with van der Waals surface area (Å²) in [4.78, 5) is 11.2. The Hall–Kier alpha value is -1.77. The van der Waals surface area contributed by atoms with Gasteiger partial charge in [-0.1, -0.05) is 18.2 Å². The summed E-state index contributed by atoms with van der Waals surface area (Å²) in [6, 6.07) is 8.02. The lowest BCUT2D eigenvalue weighted by molar-refractivity contribution is -0.143. The number of para-hydroxylation sites is 1. The molecule has 0 fully saturated rings. The van der Waals surface area contributed by atoms with E-state index in [2.05, 4.69) is 0 Å². The number of rotatable bonds is 4. The molecule has 0 N–H and O–H groups in total. The molecular formula is C14H16O3. The third-order valence-corrected chi connectivity index (χ3v) is 2.67. The van der Waals surface area contributed by atoms with Gasteiger partial charge in [-0.3, -0.25) is 4.79 Å². The third kappa shape index (κ3) is 2.67. The maximum atomic E-state index is 11.2. The van der Waals surface area contributed by atoms with E-state index >= 15 is 0 Å². The fourth-order valence-corrected chi connectivity index (χ4v) is 1.84. The lowest BCUT2D eigenvalue weighted by Crippen LogP contribution is -2.04. The number of carbonyl (C=O) groups excluding carboxylic acids is 1. The van der Waals surface area contributed by atoms with E-state index in [1.165, 1.54) is 0 Å². The molecular weight excluding hydrogens is 216 g/mol. The van der Waals surface area contributed by atoms with Crippen molar-refractivity contribution in [3.05, 3.63) is 35.6 Å². The number of esters is 1.